The summed E-state index contributed by atoms with van der Waals surface area (Å²) < 4.78 is 17.0. The van der Waals surface area contributed by atoms with Gasteiger partial charge in [0.25, 0.3) is 5.91 Å². The quantitative estimate of drug-likeness (QED) is 0.0519. The summed E-state index contributed by atoms with van der Waals surface area (Å²) in [7, 11) is 2.88. The molecule has 95 heavy (non-hydrogen) atoms. The Morgan fingerprint density at radius 3 is 1.45 bits per heavy atom. The van der Waals surface area contributed by atoms with E-state index in [9.17, 15) is 38.4 Å². The molecule has 22 nitrogen and oxygen atoms in total. The number of likely N-dealkylation sites (N-methyl/N-ethyl adjacent to an activating group) is 2. The number of hydrogen-bond acceptors (Lipinski definition) is 13. The van der Waals surface area contributed by atoms with Crippen LogP contribution in [0.15, 0.2) is 91.0 Å². The molecular weight excluding hydrogens is 1210 g/mol. The van der Waals surface area contributed by atoms with E-state index < -0.39 is 118 Å². The Morgan fingerprint density at radius 2 is 0.979 bits per heavy atom. The van der Waals surface area contributed by atoms with Gasteiger partial charge in [0, 0.05) is 45.2 Å². The molecule has 0 aromatic heterocycles. The smallest absolute Gasteiger partial charge is 0.410 e. The van der Waals surface area contributed by atoms with Gasteiger partial charge in [-0.2, -0.15) is 0 Å². The molecule has 4 aliphatic rings. The van der Waals surface area contributed by atoms with Crippen LogP contribution in [0.1, 0.15) is 195 Å². The van der Waals surface area contributed by atoms with Crippen molar-refractivity contribution in [1.29, 1.82) is 0 Å². The summed E-state index contributed by atoms with van der Waals surface area (Å²) in [6.45, 7) is 24.0. The molecule has 4 aromatic carbocycles. The van der Waals surface area contributed by atoms with Crippen molar-refractivity contribution < 1.29 is 62.2 Å². The number of ether oxygens (including phenoxy) is 3. The molecule has 8 rings (SSSR count). The van der Waals surface area contributed by atoms with Crippen molar-refractivity contribution in [1.82, 2.24) is 46.2 Å². The van der Waals surface area contributed by atoms with Gasteiger partial charge in [0.1, 0.15) is 53.2 Å². The van der Waals surface area contributed by atoms with E-state index >= 15 is 9.59 Å². The van der Waals surface area contributed by atoms with E-state index in [0.717, 1.165) is 63.3 Å². The fourth-order valence-electron chi connectivity index (χ4n) is 12.5. The van der Waals surface area contributed by atoms with Crippen LogP contribution < -0.4 is 31.3 Å². The number of carbonyl (C=O) groups is 10. The first kappa shape index (κ1) is 72.0. The summed E-state index contributed by atoms with van der Waals surface area (Å²) in [6.07, 6.45) is 3.56. The van der Waals surface area contributed by atoms with Crippen LogP contribution in [0.2, 0.25) is 0 Å². The number of esters is 1. The molecule has 0 saturated carbocycles. The van der Waals surface area contributed by atoms with E-state index in [1.165, 1.54) is 62.0 Å². The Morgan fingerprint density at radius 1 is 0.526 bits per heavy atom. The summed E-state index contributed by atoms with van der Waals surface area (Å²) in [4.78, 5) is 147. The highest BCUT2D eigenvalue weighted by molar-refractivity contribution is 5.99. The molecule has 1 saturated heterocycles. The highest BCUT2D eigenvalue weighted by Gasteiger charge is 2.48. The highest BCUT2D eigenvalue weighted by Crippen LogP contribution is 2.36. The third-order valence-electron chi connectivity index (χ3n) is 18.2. The summed E-state index contributed by atoms with van der Waals surface area (Å²) in [5.41, 5.74) is 2.49. The van der Waals surface area contributed by atoms with Gasteiger partial charge >= 0.3 is 18.2 Å². The minimum absolute atomic E-state index is 0.0446. The summed E-state index contributed by atoms with van der Waals surface area (Å²) in [6, 6.07) is 18.9. The average molecular weight is 1310 g/mol. The van der Waals surface area contributed by atoms with E-state index in [2.05, 4.69) is 32.7 Å². The predicted molar refractivity (Wildman–Crippen MR) is 357 cm³/mol. The third kappa shape index (κ3) is 17.8. The van der Waals surface area contributed by atoms with Crippen LogP contribution in [0.3, 0.4) is 0 Å². The maximum absolute atomic E-state index is 15.2. The fraction of sp³-hybridized carbons (Fsp3) is 0.534. The van der Waals surface area contributed by atoms with Crippen LogP contribution in [-0.2, 0) is 64.0 Å². The van der Waals surface area contributed by atoms with Gasteiger partial charge in [0.2, 0.25) is 35.4 Å². The number of amides is 9. The number of nitrogens with one attached hydrogen (secondary N) is 5. The Balaban J connectivity index is 0.986. The Hall–Kier alpha value is -8.82. The molecular formula is C73H97N9O13. The number of likely N-dealkylation sites (tertiary alicyclic amines) is 1. The SMILES string of the molecule is CC(C(=O)NC(C(=O)N1Cc2cc(OC(=O)c3ccc(C(=O)N[C@H]4C[C@@H](C(=O)N[C@@H]5CCCc6ccccc65)N(C(=O)C(NC(=O)C(C)N(C)C(=O)OC(C)(C)C)C(C)(C)C)C4)cc3)ccc2CC1C(=O)N[C@@H]1CCCc2ccccc21)C(C)(C)C)N(C)C(=O)OC(C)(C)C. The van der Waals surface area contributed by atoms with Crippen LogP contribution in [0.25, 0.3) is 0 Å². The molecule has 2 aliphatic heterocycles. The van der Waals surface area contributed by atoms with Crippen LogP contribution >= 0.6 is 0 Å². The van der Waals surface area contributed by atoms with Crippen LogP contribution in [0, 0.1) is 10.8 Å². The highest BCUT2D eigenvalue weighted by atomic mass is 16.6. The first-order valence-electron chi connectivity index (χ1n) is 33.0. The lowest BCUT2D eigenvalue weighted by atomic mass is 9.83. The van der Waals surface area contributed by atoms with Crippen molar-refractivity contribution >= 4 is 59.5 Å². The van der Waals surface area contributed by atoms with Gasteiger partial charge < -0.3 is 50.6 Å². The Labute approximate surface area is 558 Å². The van der Waals surface area contributed by atoms with Crippen molar-refractivity contribution in [3.8, 4) is 5.75 Å². The van der Waals surface area contributed by atoms with Gasteiger partial charge in [0.15, 0.2) is 0 Å². The number of aryl methyl sites for hydroxylation is 2. The number of fused-ring (bicyclic) bond motifs is 3. The molecule has 9 amide bonds. The zero-order valence-electron chi connectivity index (χ0n) is 58.0. The van der Waals surface area contributed by atoms with Gasteiger partial charge in [-0.05, 0) is 181 Å². The molecule has 2 aliphatic carbocycles. The molecule has 1 fully saturated rings. The number of benzene rings is 4. The predicted octanol–water partition coefficient (Wildman–Crippen LogP) is 8.82. The van der Waals surface area contributed by atoms with Gasteiger partial charge in [-0.25, -0.2) is 14.4 Å². The molecule has 22 heteroatoms. The largest absolute Gasteiger partial charge is 0.444 e. The van der Waals surface area contributed by atoms with Crippen molar-refractivity contribution in [2.24, 2.45) is 10.8 Å². The fourth-order valence-corrected chi connectivity index (χ4v) is 12.5. The lowest BCUT2D eigenvalue weighted by Gasteiger charge is -2.42. The molecule has 2 heterocycles. The molecule has 4 aromatic rings. The zero-order chi connectivity index (χ0) is 69.8. The summed E-state index contributed by atoms with van der Waals surface area (Å²) in [5, 5.41) is 15.2. The summed E-state index contributed by atoms with van der Waals surface area (Å²) in [5.74, 6) is -4.23. The molecule has 9 atom stereocenters. The van der Waals surface area contributed by atoms with Crippen LogP contribution in [-0.4, -0.2) is 153 Å². The number of carbonyl (C=O) groups excluding carboxylic acids is 10. The lowest BCUT2D eigenvalue weighted by molar-refractivity contribution is -0.147. The van der Waals surface area contributed by atoms with Gasteiger partial charge in [0.05, 0.1) is 17.6 Å². The van der Waals surface area contributed by atoms with Gasteiger partial charge in [-0.15, -0.1) is 0 Å². The standard InChI is InChI=1S/C73H97N9O13/c1-42(79(15)68(91)94-72(9,10)11)60(83)77-58(70(3,4)5)65(88)81-40-49-37-51(36-35-48(49)38-56(81)63(86)75-54-29-21-25-44-23-17-19-27-52(44)54)93-67(90)47-33-31-46(32-34-47)62(85)74-50-39-57(64(87)76-55-30-22-26-45-24-18-20-28-53(45)55)82(41-50)66(89)59(71(6,7)8)78-61(84)43(2)80(16)69(92)95-73(12,13)14/h17-20,23-24,27-28,31-37,42-43,50,54-59H,21-22,25-26,29-30,38-41H2,1-16H3,(H,74,85)(H,75,86)(H,76,87)(H,77,83)(H,78,84)/t42?,43?,50-,54+,55+,56?,57-,58?,59?/m0/s1. The molecule has 0 bridgehead atoms. The zero-order valence-corrected chi connectivity index (χ0v) is 58.0. The first-order valence-corrected chi connectivity index (χ1v) is 33.0. The minimum Gasteiger partial charge on any atom is -0.444 e. The van der Waals surface area contributed by atoms with E-state index in [1.807, 2.05) is 42.5 Å². The Kier molecular flexibility index (Phi) is 22.0. The third-order valence-corrected chi connectivity index (χ3v) is 18.2. The van der Waals surface area contributed by atoms with Crippen LogP contribution in [0.4, 0.5) is 9.59 Å². The molecule has 0 spiro atoms. The maximum atomic E-state index is 15.2. The maximum Gasteiger partial charge on any atom is 0.410 e. The Bertz CT molecular complexity index is 3560. The number of hydrogen-bond donors (Lipinski definition) is 5. The molecule has 0 radical (unpaired) electrons. The minimum atomic E-state index is -1.17. The van der Waals surface area contributed by atoms with E-state index in [1.54, 1.807) is 101 Å². The van der Waals surface area contributed by atoms with E-state index in [-0.39, 0.29) is 60.8 Å². The summed E-state index contributed by atoms with van der Waals surface area (Å²) >= 11 is 0. The van der Waals surface area contributed by atoms with E-state index in [0.29, 0.717) is 18.4 Å². The van der Waals surface area contributed by atoms with Crippen molar-refractivity contribution in [3.63, 3.8) is 0 Å². The monoisotopic (exact) mass is 1310 g/mol. The second-order valence-corrected chi connectivity index (χ2v) is 30.0. The number of rotatable bonds is 16. The number of nitrogens with zero attached hydrogens (tertiary/aromatic N) is 4. The molecule has 5 N–H and O–H groups in total. The lowest BCUT2D eigenvalue weighted by Crippen LogP contribution is -2.62. The topological polar surface area (TPSA) is 272 Å². The van der Waals surface area contributed by atoms with Crippen molar-refractivity contribution in [3.05, 3.63) is 136 Å². The van der Waals surface area contributed by atoms with Crippen molar-refractivity contribution in [2.45, 2.75) is 220 Å². The normalized spacial score (nSPS) is 19.9. The van der Waals surface area contributed by atoms with Gasteiger partial charge in [-0.1, -0.05) is 96.1 Å². The van der Waals surface area contributed by atoms with Crippen molar-refractivity contribution in [2.75, 3.05) is 20.6 Å². The first-order chi connectivity index (χ1) is 44.4. The van der Waals surface area contributed by atoms with E-state index in [4.69, 9.17) is 14.2 Å². The molecule has 5 unspecified atom stereocenters. The molecule has 512 valence electrons. The van der Waals surface area contributed by atoms with Gasteiger partial charge in [-0.3, -0.25) is 43.4 Å². The average Bonchev–Trinajstić information content (AvgIpc) is 1.71. The van der Waals surface area contributed by atoms with Crippen LogP contribution in [0.5, 0.6) is 5.75 Å². The second-order valence-electron chi connectivity index (χ2n) is 30.0. The second kappa shape index (κ2) is 29.0.